The van der Waals surface area contributed by atoms with Crippen LogP contribution >= 0.6 is 0 Å². The zero-order chi connectivity index (χ0) is 16.9. The maximum Gasteiger partial charge on any atom is 0 e. The van der Waals surface area contributed by atoms with Gasteiger partial charge in [-0.1, -0.05) is 47.6 Å². The SMILES string of the molecule is CC(C)=C/C=C(\C)C1=CC=C(/C(C)=C/C=C(C)C)C(=[N-])C1=[N-].[Y]. The number of hydrogen-bond acceptors (Lipinski definition) is 0. The second-order valence-corrected chi connectivity index (χ2v) is 6.05. The van der Waals surface area contributed by atoms with Crippen molar-refractivity contribution in [2.75, 3.05) is 0 Å². The van der Waals surface area contributed by atoms with Gasteiger partial charge in [0.2, 0.25) is 0 Å². The molecule has 0 saturated carbocycles. The summed E-state index contributed by atoms with van der Waals surface area (Å²) in [6.45, 7) is 11.9. The van der Waals surface area contributed by atoms with Crippen molar-refractivity contribution in [1.82, 2.24) is 0 Å². The third-order valence-corrected chi connectivity index (χ3v) is 3.33. The van der Waals surface area contributed by atoms with Gasteiger partial charge in [-0.3, -0.25) is 0 Å². The summed E-state index contributed by atoms with van der Waals surface area (Å²) in [5, 5.41) is 20.6. The van der Waals surface area contributed by atoms with E-state index in [0.717, 1.165) is 11.1 Å². The molecule has 2 nitrogen and oxygen atoms in total. The van der Waals surface area contributed by atoms with Gasteiger partial charge < -0.3 is 10.8 Å². The third kappa shape index (κ3) is 6.49. The largest absolute Gasteiger partial charge is 0.804 e. The van der Waals surface area contributed by atoms with Crippen LogP contribution in [0.4, 0.5) is 0 Å². The normalized spacial score (nSPS) is 15.4. The number of hydrogen-bond donors (Lipinski definition) is 0. The Morgan fingerprint density at radius 3 is 1.22 bits per heavy atom. The molecule has 0 spiro atoms. The van der Waals surface area contributed by atoms with Gasteiger partial charge >= 0.3 is 0 Å². The standard InChI is InChI=1S/C20H24N2.Y/c1-13(2)7-9-15(5)17-11-12-18(20(22)19(17)21)16(6)10-8-14(3)4;/h7-12H,1-6H3;/q-2;/b15-9+,16-10+;. The van der Waals surface area contributed by atoms with E-state index in [-0.39, 0.29) is 44.1 Å². The summed E-state index contributed by atoms with van der Waals surface area (Å²) >= 11 is 0. The first kappa shape index (κ1) is 21.9. The fourth-order valence-corrected chi connectivity index (χ4v) is 1.98. The van der Waals surface area contributed by atoms with Gasteiger partial charge in [0, 0.05) is 32.7 Å². The summed E-state index contributed by atoms with van der Waals surface area (Å²) in [6.07, 6.45) is 11.5. The van der Waals surface area contributed by atoms with Crippen LogP contribution in [0.15, 0.2) is 69.9 Å². The number of rotatable bonds is 4. The van der Waals surface area contributed by atoms with E-state index < -0.39 is 0 Å². The minimum absolute atomic E-state index is 0. The van der Waals surface area contributed by atoms with Crippen LogP contribution in [0.2, 0.25) is 0 Å². The van der Waals surface area contributed by atoms with E-state index in [4.69, 9.17) is 0 Å². The zero-order valence-corrected chi connectivity index (χ0v) is 17.8. The van der Waals surface area contributed by atoms with Gasteiger partial charge in [-0.15, -0.1) is 0 Å². The van der Waals surface area contributed by atoms with Gasteiger partial charge in [-0.25, -0.2) is 0 Å². The van der Waals surface area contributed by atoms with Crippen LogP contribution in [0.1, 0.15) is 41.5 Å². The van der Waals surface area contributed by atoms with Gasteiger partial charge in [0.15, 0.2) is 0 Å². The minimum atomic E-state index is -0.0710. The van der Waals surface area contributed by atoms with Crippen molar-refractivity contribution in [2.45, 2.75) is 41.5 Å². The Balaban J connectivity index is 0.00000484. The number of allylic oxidation sites excluding steroid dienone is 12. The number of nitrogens with zero attached hydrogens (tertiary/aromatic N) is 2. The Kier molecular flexibility index (Phi) is 9.42. The second kappa shape index (κ2) is 9.90. The monoisotopic (exact) mass is 381 g/mol. The molecule has 0 fully saturated rings. The average Bonchev–Trinajstić information content (AvgIpc) is 2.44. The molecule has 1 aliphatic rings. The molecular weight excluding hydrogens is 357 g/mol. The molecule has 0 aromatic heterocycles. The molecule has 0 heterocycles. The first-order valence-electron chi connectivity index (χ1n) is 7.43. The molecule has 0 atom stereocenters. The van der Waals surface area contributed by atoms with Crippen LogP contribution in [0.3, 0.4) is 0 Å². The van der Waals surface area contributed by atoms with Crippen LogP contribution in [0.25, 0.3) is 10.8 Å². The molecule has 0 aromatic carbocycles. The molecule has 1 aliphatic carbocycles. The van der Waals surface area contributed by atoms with Gasteiger partial charge in [0.1, 0.15) is 0 Å². The van der Waals surface area contributed by atoms with Crippen LogP contribution in [0, 0.1) is 0 Å². The van der Waals surface area contributed by atoms with E-state index in [1.54, 1.807) is 0 Å². The topological polar surface area (TPSA) is 44.6 Å². The fraction of sp³-hybridized carbons (Fsp3) is 0.300. The van der Waals surface area contributed by atoms with Crippen molar-refractivity contribution in [3.63, 3.8) is 0 Å². The van der Waals surface area contributed by atoms with Crippen LogP contribution in [-0.4, -0.2) is 11.4 Å². The fourth-order valence-electron chi connectivity index (χ4n) is 1.98. The van der Waals surface area contributed by atoms with Gasteiger partial charge in [0.05, 0.1) is 0 Å². The molecule has 0 aliphatic heterocycles. The average molecular weight is 381 g/mol. The molecule has 3 heteroatoms. The van der Waals surface area contributed by atoms with Crippen molar-refractivity contribution in [3.05, 3.63) is 80.7 Å². The molecule has 1 radical (unpaired) electrons. The predicted molar refractivity (Wildman–Crippen MR) is 99.3 cm³/mol. The van der Waals surface area contributed by atoms with Crippen molar-refractivity contribution in [3.8, 4) is 0 Å². The molecule has 0 amide bonds. The van der Waals surface area contributed by atoms with Crippen molar-refractivity contribution < 1.29 is 32.7 Å². The summed E-state index contributed by atoms with van der Waals surface area (Å²) < 4.78 is 0. The molecule has 1 rings (SSSR count). The third-order valence-electron chi connectivity index (χ3n) is 3.33. The smallest absolute Gasteiger partial charge is 0 e. The second-order valence-electron chi connectivity index (χ2n) is 6.05. The first-order valence-corrected chi connectivity index (χ1v) is 7.43. The Hall–Kier alpha value is -1.12. The molecule has 0 bridgehead atoms. The maximum atomic E-state index is 10.3. The van der Waals surface area contributed by atoms with E-state index in [2.05, 4.69) is 0 Å². The molecule has 0 N–H and O–H groups in total. The van der Waals surface area contributed by atoms with Gasteiger partial charge in [-0.2, -0.15) is 11.4 Å². The molecule has 119 valence electrons. The molecule has 23 heavy (non-hydrogen) atoms. The molecule has 0 unspecified atom stereocenters. The van der Waals surface area contributed by atoms with E-state index in [9.17, 15) is 10.8 Å². The van der Waals surface area contributed by atoms with Crippen molar-refractivity contribution >= 4 is 11.4 Å². The summed E-state index contributed by atoms with van der Waals surface area (Å²) in [5.74, 6) is 0. The van der Waals surface area contributed by atoms with E-state index in [1.165, 1.54) is 11.1 Å². The Labute approximate surface area is 165 Å². The Morgan fingerprint density at radius 2 is 0.957 bits per heavy atom. The van der Waals surface area contributed by atoms with E-state index in [0.29, 0.717) is 11.1 Å². The maximum absolute atomic E-state index is 10.3. The van der Waals surface area contributed by atoms with Gasteiger partial charge in [-0.05, 0) is 63.8 Å². The van der Waals surface area contributed by atoms with Crippen LogP contribution in [0.5, 0.6) is 0 Å². The Bertz CT molecular complexity index is 612. The quantitative estimate of drug-likeness (QED) is 0.443. The van der Waals surface area contributed by atoms with E-state index in [1.807, 2.05) is 78.0 Å². The summed E-state index contributed by atoms with van der Waals surface area (Å²) in [5.41, 5.74) is 5.33. The first-order chi connectivity index (χ1) is 10.2. The van der Waals surface area contributed by atoms with Crippen molar-refractivity contribution in [1.29, 1.82) is 0 Å². The summed E-state index contributed by atoms with van der Waals surface area (Å²) in [7, 11) is 0. The van der Waals surface area contributed by atoms with Gasteiger partial charge in [0.25, 0.3) is 0 Å². The van der Waals surface area contributed by atoms with Crippen LogP contribution < -0.4 is 0 Å². The zero-order valence-electron chi connectivity index (χ0n) is 14.9. The van der Waals surface area contributed by atoms with E-state index >= 15 is 0 Å². The predicted octanol–water partition coefficient (Wildman–Crippen LogP) is 5.70. The van der Waals surface area contributed by atoms with Crippen molar-refractivity contribution in [2.24, 2.45) is 0 Å². The summed E-state index contributed by atoms with van der Waals surface area (Å²) in [6, 6.07) is 0. The Morgan fingerprint density at radius 1 is 0.652 bits per heavy atom. The molecule has 0 aromatic rings. The molecule has 0 saturated heterocycles. The summed E-state index contributed by atoms with van der Waals surface area (Å²) in [4.78, 5) is 0. The minimum Gasteiger partial charge on any atom is -0.804 e. The van der Waals surface area contributed by atoms with Crippen LogP contribution in [-0.2, 0) is 32.7 Å². The molecular formula is C20H24N2Y-2.